The highest BCUT2D eigenvalue weighted by atomic mass is 32.2. The van der Waals surface area contributed by atoms with E-state index in [0.717, 1.165) is 36.9 Å². The molecule has 3 amide bonds. The molecule has 8 nitrogen and oxygen atoms in total. The SMILES string of the molecule is CC(=O)N1c2ccc(S(=O)(=O)N3CCN(C(=O)NC4CCCCC4)CC3)cc2CC1C. The molecular formula is C22H32N4O4S. The molecule has 2 fully saturated rings. The number of rotatable bonds is 3. The van der Waals surface area contributed by atoms with Crippen LogP contribution in [-0.2, 0) is 21.2 Å². The van der Waals surface area contributed by atoms with Gasteiger partial charge in [0.15, 0.2) is 0 Å². The maximum Gasteiger partial charge on any atom is 0.317 e. The van der Waals surface area contributed by atoms with E-state index in [2.05, 4.69) is 5.32 Å². The third-order valence-corrected chi connectivity index (χ3v) is 8.60. The monoisotopic (exact) mass is 448 g/mol. The van der Waals surface area contributed by atoms with Crippen molar-refractivity contribution in [3.8, 4) is 0 Å². The number of benzene rings is 1. The lowest BCUT2D eigenvalue weighted by Crippen LogP contribution is -2.54. The fourth-order valence-electron chi connectivity index (χ4n) is 5.04. The summed E-state index contributed by atoms with van der Waals surface area (Å²) in [6.07, 6.45) is 6.24. The first-order valence-electron chi connectivity index (χ1n) is 11.3. The smallest absolute Gasteiger partial charge is 0.317 e. The van der Waals surface area contributed by atoms with E-state index in [9.17, 15) is 18.0 Å². The number of carbonyl (C=O) groups is 2. The molecule has 4 rings (SSSR count). The average Bonchev–Trinajstić information content (AvgIpc) is 3.09. The van der Waals surface area contributed by atoms with E-state index in [1.54, 1.807) is 28.0 Å². The molecule has 2 heterocycles. The normalized spacial score (nSPS) is 23.0. The highest BCUT2D eigenvalue weighted by Crippen LogP contribution is 2.34. The van der Waals surface area contributed by atoms with Crippen LogP contribution in [0.2, 0.25) is 0 Å². The van der Waals surface area contributed by atoms with Crippen molar-refractivity contribution in [2.75, 3.05) is 31.1 Å². The molecule has 1 saturated heterocycles. The fourth-order valence-corrected chi connectivity index (χ4v) is 6.51. The molecular weight excluding hydrogens is 416 g/mol. The number of carbonyl (C=O) groups excluding carboxylic acids is 2. The number of hydrogen-bond donors (Lipinski definition) is 1. The molecule has 0 spiro atoms. The first kappa shape index (κ1) is 22.1. The molecule has 0 aromatic heterocycles. The predicted molar refractivity (Wildman–Crippen MR) is 119 cm³/mol. The molecule has 1 atom stereocenters. The summed E-state index contributed by atoms with van der Waals surface area (Å²) < 4.78 is 27.9. The Balaban J connectivity index is 1.40. The van der Waals surface area contributed by atoms with Gasteiger partial charge in [0.25, 0.3) is 0 Å². The zero-order valence-electron chi connectivity index (χ0n) is 18.3. The second kappa shape index (κ2) is 8.78. The van der Waals surface area contributed by atoms with E-state index in [-0.39, 0.29) is 42.0 Å². The van der Waals surface area contributed by atoms with Crippen molar-refractivity contribution >= 4 is 27.6 Å². The van der Waals surface area contributed by atoms with Crippen LogP contribution in [-0.4, -0.2) is 67.8 Å². The molecule has 2 aliphatic heterocycles. The van der Waals surface area contributed by atoms with Crippen LogP contribution in [0.5, 0.6) is 0 Å². The average molecular weight is 449 g/mol. The number of anilines is 1. The summed E-state index contributed by atoms with van der Waals surface area (Å²) in [5.41, 5.74) is 1.68. The van der Waals surface area contributed by atoms with Crippen molar-refractivity contribution in [3.63, 3.8) is 0 Å². The summed E-state index contributed by atoms with van der Waals surface area (Å²) >= 11 is 0. The van der Waals surface area contributed by atoms with Gasteiger partial charge >= 0.3 is 6.03 Å². The molecule has 1 aromatic rings. The molecule has 9 heteroatoms. The minimum atomic E-state index is -3.64. The molecule has 0 bridgehead atoms. The molecule has 1 unspecified atom stereocenters. The van der Waals surface area contributed by atoms with E-state index >= 15 is 0 Å². The van der Waals surface area contributed by atoms with Crippen molar-refractivity contribution in [2.45, 2.75) is 69.4 Å². The standard InChI is InChI=1S/C22H32N4O4S/c1-16-14-18-15-20(8-9-21(18)26(16)17(2)27)31(29,30)25-12-10-24(11-13-25)22(28)23-19-6-4-3-5-7-19/h8-9,15-16,19H,3-7,10-14H2,1-2H3,(H,23,28). The minimum Gasteiger partial charge on any atom is -0.335 e. The van der Waals surface area contributed by atoms with Gasteiger partial charge in [0, 0.05) is 50.9 Å². The van der Waals surface area contributed by atoms with Crippen molar-refractivity contribution in [1.29, 1.82) is 0 Å². The molecule has 31 heavy (non-hydrogen) atoms. The first-order chi connectivity index (χ1) is 14.8. The lowest BCUT2D eigenvalue weighted by molar-refractivity contribution is -0.116. The Morgan fingerprint density at radius 3 is 2.35 bits per heavy atom. The fraction of sp³-hybridized carbons (Fsp3) is 0.636. The molecule has 1 N–H and O–H groups in total. The van der Waals surface area contributed by atoms with Gasteiger partial charge in [-0.05, 0) is 49.9 Å². The number of piperazine rings is 1. The van der Waals surface area contributed by atoms with Crippen LogP contribution in [0.25, 0.3) is 0 Å². The summed E-state index contributed by atoms with van der Waals surface area (Å²) in [5, 5.41) is 3.11. The van der Waals surface area contributed by atoms with Crippen LogP contribution in [0.4, 0.5) is 10.5 Å². The first-order valence-corrected chi connectivity index (χ1v) is 12.7. The number of fused-ring (bicyclic) bond motifs is 1. The van der Waals surface area contributed by atoms with E-state index in [1.807, 2.05) is 6.92 Å². The van der Waals surface area contributed by atoms with E-state index in [0.29, 0.717) is 19.5 Å². The van der Waals surface area contributed by atoms with Gasteiger partial charge in [-0.1, -0.05) is 19.3 Å². The molecule has 3 aliphatic rings. The highest BCUT2D eigenvalue weighted by Gasteiger charge is 2.34. The molecule has 0 radical (unpaired) electrons. The Morgan fingerprint density at radius 2 is 1.71 bits per heavy atom. The van der Waals surface area contributed by atoms with Gasteiger partial charge in [0.2, 0.25) is 15.9 Å². The number of nitrogens with one attached hydrogen (secondary N) is 1. The van der Waals surface area contributed by atoms with Crippen LogP contribution >= 0.6 is 0 Å². The summed E-state index contributed by atoms with van der Waals surface area (Å²) in [5.74, 6) is -0.0375. The summed E-state index contributed by atoms with van der Waals surface area (Å²) in [4.78, 5) is 28.2. The Hall–Kier alpha value is -2.13. The lowest BCUT2D eigenvalue weighted by Gasteiger charge is -2.35. The maximum atomic E-state index is 13.2. The molecule has 1 saturated carbocycles. The van der Waals surface area contributed by atoms with Gasteiger partial charge in [0.05, 0.1) is 4.90 Å². The quantitative estimate of drug-likeness (QED) is 0.769. The van der Waals surface area contributed by atoms with Gasteiger partial charge in [-0.2, -0.15) is 4.31 Å². The molecule has 1 aromatic carbocycles. The largest absolute Gasteiger partial charge is 0.335 e. The van der Waals surface area contributed by atoms with Crippen molar-refractivity contribution in [2.24, 2.45) is 0 Å². The Kier molecular flexibility index (Phi) is 6.25. The topological polar surface area (TPSA) is 90.0 Å². The highest BCUT2D eigenvalue weighted by molar-refractivity contribution is 7.89. The van der Waals surface area contributed by atoms with Crippen LogP contribution in [0.15, 0.2) is 23.1 Å². The van der Waals surface area contributed by atoms with E-state index in [1.165, 1.54) is 17.6 Å². The minimum absolute atomic E-state index is 0.0247. The molecule has 1 aliphatic carbocycles. The summed E-state index contributed by atoms with van der Waals surface area (Å²) in [6.45, 7) is 4.84. The molecule has 170 valence electrons. The predicted octanol–water partition coefficient (Wildman–Crippen LogP) is 2.33. The van der Waals surface area contributed by atoms with Gasteiger partial charge in [-0.15, -0.1) is 0 Å². The number of nitrogens with zero attached hydrogens (tertiary/aromatic N) is 3. The zero-order valence-corrected chi connectivity index (χ0v) is 19.2. The van der Waals surface area contributed by atoms with Crippen molar-refractivity contribution in [1.82, 2.24) is 14.5 Å². The van der Waals surface area contributed by atoms with Crippen LogP contribution in [0.1, 0.15) is 51.5 Å². The van der Waals surface area contributed by atoms with Gasteiger partial charge in [-0.3, -0.25) is 4.79 Å². The van der Waals surface area contributed by atoms with Gasteiger partial charge in [0.1, 0.15) is 0 Å². The summed E-state index contributed by atoms with van der Waals surface area (Å²) in [7, 11) is -3.64. The van der Waals surface area contributed by atoms with Gasteiger partial charge < -0.3 is 15.1 Å². The Morgan fingerprint density at radius 1 is 1.03 bits per heavy atom. The van der Waals surface area contributed by atoms with Crippen LogP contribution < -0.4 is 10.2 Å². The number of sulfonamides is 1. The second-order valence-corrected chi connectivity index (χ2v) is 10.8. The number of urea groups is 1. The number of amides is 3. The van der Waals surface area contributed by atoms with Crippen LogP contribution in [0.3, 0.4) is 0 Å². The number of hydrogen-bond acceptors (Lipinski definition) is 4. The van der Waals surface area contributed by atoms with Crippen molar-refractivity contribution < 1.29 is 18.0 Å². The Bertz CT molecular complexity index is 950. The van der Waals surface area contributed by atoms with E-state index < -0.39 is 10.0 Å². The van der Waals surface area contributed by atoms with Crippen LogP contribution in [0, 0.1) is 0 Å². The third-order valence-electron chi connectivity index (χ3n) is 6.70. The van der Waals surface area contributed by atoms with E-state index in [4.69, 9.17) is 0 Å². The Labute approximate surface area is 184 Å². The van der Waals surface area contributed by atoms with Crippen molar-refractivity contribution in [3.05, 3.63) is 23.8 Å². The lowest BCUT2D eigenvalue weighted by atomic mass is 9.96. The summed E-state index contributed by atoms with van der Waals surface area (Å²) in [6, 6.07) is 5.21. The second-order valence-electron chi connectivity index (χ2n) is 8.91. The van der Waals surface area contributed by atoms with Gasteiger partial charge in [-0.25, -0.2) is 13.2 Å². The zero-order chi connectivity index (χ0) is 22.2. The maximum absolute atomic E-state index is 13.2. The third kappa shape index (κ3) is 4.43.